The van der Waals surface area contributed by atoms with Crippen molar-refractivity contribution in [1.82, 2.24) is 19.5 Å². The molecular weight excluding hydrogens is 773 g/mol. The molecule has 12 aromatic rings. The smallest absolute Gasteiger partial charge is 0.166 e. The molecule has 0 saturated carbocycles. The molecule has 0 fully saturated rings. The number of benzene rings is 9. The van der Waals surface area contributed by atoms with Crippen LogP contribution in [0, 0.1) is 0 Å². The zero-order valence-electron chi connectivity index (χ0n) is 33.5. The number of hydrogen-bond acceptors (Lipinski definition) is 4. The van der Waals surface area contributed by atoms with Gasteiger partial charge in [-0.3, -0.25) is 0 Å². The standard InChI is InChI=1S/C57H36N4S/c1-4-15-37(16-5-1)42-32-34-48(51(35-42)61-49-24-12-10-22-47(49)54-44(23-14-25-50(54)61)39-17-6-2-7-18-39)57-59-55(40-19-8-3-9-20-40)58-56(60-57)41-29-27-38(28-30-41)43-31-33-46-45-21-11-13-26-52(45)62-53(46)36-43/h1-36H. The molecule has 9 aromatic carbocycles. The van der Waals surface area contributed by atoms with Gasteiger partial charge >= 0.3 is 0 Å². The molecule has 0 N–H and O–H groups in total. The number of aromatic nitrogens is 4. The minimum absolute atomic E-state index is 0.605. The highest BCUT2D eigenvalue weighted by Crippen LogP contribution is 2.42. The largest absolute Gasteiger partial charge is 0.308 e. The number of para-hydroxylation sites is 1. The second-order valence-corrected chi connectivity index (χ2v) is 16.7. The predicted molar refractivity (Wildman–Crippen MR) is 260 cm³/mol. The first-order valence-corrected chi connectivity index (χ1v) is 21.7. The Morgan fingerprint density at radius 1 is 0.306 bits per heavy atom. The van der Waals surface area contributed by atoms with Gasteiger partial charge in [0.2, 0.25) is 0 Å². The van der Waals surface area contributed by atoms with E-state index in [1.165, 1.54) is 47.6 Å². The maximum absolute atomic E-state index is 5.33. The lowest BCUT2D eigenvalue weighted by molar-refractivity contribution is 1.06. The second-order valence-electron chi connectivity index (χ2n) is 15.6. The molecule has 3 heterocycles. The fourth-order valence-electron chi connectivity index (χ4n) is 8.91. The van der Waals surface area contributed by atoms with Crippen LogP contribution in [0.15, 0.2) is 218 Å². The zero-order chi connectivity index (χ0) is 41.0. The number of thiophene rings is 1. The quantitative estimate of drug-likeness (QED) is 0.161. The van der Waals surface area contributed by atoms with E-state index < -0.39 is 0 Å². The highest BCUT2D eigenvalue weighted by molar-refractivity contribution is 7.25. The maximum Gasteiger partial charge on any atom is 0.166 e. The van der Waals surface area contributed by atoms with E-state index in [0.29, 0.717) is 17.5 Å². The third-order valence-electron chi connectivity index (χ3n) is 11.9. The zero-order valence-corrected chi connectivity index (χ0v) is 34.3. The van der Waals surface area contributed by atoms with E-state index in [1.54, 1.807) is 0 Å². The number of rotatable bonds is 7. The third-order valence-corrected chi connectivity index (χ3v) is 13.0. The Morgan fingerprint density at radius 3 is 1.58 bits per heavy atom. The van der Waals surface area contributed by atoms with Crippen molar-refractivity contribution >= 4 is 53.3 Å². The Bertz CT molecular complexity index is 3610. The van der Waals surface area contributed by atoms with Crippen LogP contribution in [0.2, 0.25) is 0 Å². The van der Waals surface area contributed by atoms with Gasteiger partial charge in [0.1, 0.15) is 0 Å². The number of fused-ring (bicyclic) bond motifs is 6. The van der Waals surface area contributed by atoms with Crippen molar-refractivity contribution in [3.63, 3.8) is 0 Å². The second kappa shape index (κ2) is 14.9. The molecule has 0 aliphatic rings. The van der Waals surface area contributed by atoms with Crippen LogP contribution in [0.1, 0.15) is 0 Å². The molecule has 5 heteroatoms. The third kappa shape index (κ3) is 6.18. The average Bonchev–Trinajstić information content (AvgIpc) is 3.90. The number of hydrogen-bond donors (Lipinski definition) is 0. The lowest BCUT2D eigenvalue weighted by atomic mass is 9.99. The minimum atomic E-state index is 0.605. The molecule has 0 bridgehead atoms. The van der Waals surface area contributed by atoms with E-state index in [4.69, 9.17) is 15.0 Å². The van der Waals surface area contributed by atoms with E-state index in [2.05, 4.69) is 205 Å². The molecule has 4 nitrogen and oxygen atoms in total. The molecular formula is C57H36N4S. The average molecular weight is 809 g/mol. The fourth-order valence-corrected chi connectivity index (χ4v) is 10.1. The van der Waals surface area contributed by atoms with Gasteiger partial charge in [0.15, 0.2) is 17.5 Å². The van der Waals surface area contributed by atoms with Gasteiger partial charge in [-0.25, -0.2) is 15.0 Å². The van der Waals surface area contributed by atoms with Crippen LogP contribution in [0.3, 0.4) is 0 Å². The number of nitrogens with zero attached hydrogens (tertiary/aromatic N) is 4. The molecule has 0 aliphatic carbocycles. The van der Waals surface area contributed by atoms with Crippen LogP contribution in [0.25, 0.3) is 115 Å². The van der Waals surface area contributed by atoms with Crippen molar-refractivity contribution in [3.8, 4) is 73.2 Å². The highest BCUT2D eigenvalue weighted by Gasteiger charge is 2.22. The van der Waals surface area contributed by atoms with Gasteiger partial charge in [-0.15, -0.1) is 11.3 Å². The maximum atomic E-state index is 5.33. The summed E-state index contributed by atoms with van der Waals surface area (Å²) in [5.41, 5.74) is 12.9. The summed E-state index contributed by atoms with van der Waals surface area (Å²) >= 11 is 1.84. The van der Waals surface area contributed by atoms with Crippen molar-refractivity contribution in [1.29, 1.82) is 0 Å². The molecule has 290 valence electrons. The van der Waals surface area contributed by atoms with E-state index in [-0.39, 0.29) is 0 Å². The molecule has 12 rings (SSSR count). The van der Waals surface area contributed by atoms with E-state index in [9.17, 15) is 0 Å². The van der Waals surface area contributed by atoms with Gasteiger partial charge in [0, 0.05) is 47.6 Å². The highest BCUT2D eigenvalue weighted by atomic mass is 32.1. The van der Waals surface area contributed by atoms with Crippen molar-refractivity contribution < 1.29 is 0 Å². The van der Waals surface area contributed by atoms with Gasteiger partial charge in [0.05, 0.1) is 16.7 Å². The van der Waals surface area contributed by atoms with Crippen LogP contribution in [0.5, 0.6) is 0 Å². The van der Waals surface area contributed by atoms with E-state index >= 15 is 0 Å². The Balaban J connectivity index is 1.05. The summed E-state index contributed by atoms with van der Waals surface area (Å²) in [6, 6.07) is 77.5. The Labute approximate surface area is 362 Å². The van der Waals surface area contributed by atoms with Crippen LogP contribution >= 0.6 is 11.3 Å². The normalized spacial score (nSPS) is 11.5. The summed E-state index contributed by atoms with van der Waals surface area (Å²) < 4.78 is 4.99. The summed E-state index contributed by atoms with van der Waals surface area (Å²) in [5, 5.41) is 5.00. The summed E-state index contributed by atoms with van der Waals surface area (Å²) in [5.74, 6) is 1.84. The Morgan fingerprint density at radius 2 is 0.823 bits per heavy atom. The van der Waals surface area contributed by atoms with Crippen molar-refractivity contribution in [2.45, 2.75) is 0 Å². The molecule has 0 unspecified atom stereocenters. The molecule has 0 amide bonds. The summed E-state index contributed by atoms with van der Waals surface area (Å²) in [6.45, 7) is 0. The van der Waals surface area contributed by atoms with Gasteiger partial charge in [-0.1, -0.05) is 182 Å². The molecule has 0 spiro atoms. The van der Waals surface area contributed by atoms with E-state index in [1.807, 2.05) is 29.5 Å². The summed E-state index contributed by atoms with van der Waals surface area (Å²) in [7, 11) is 0. The van der Waals surface area contributed by atoms with Gasteiger partial charge < -0.3 is 4.57 Å². The topological polar surface area (TPSA) is 43.6 Å². The first-order valence-electron chi connectivity index (χ1n) is 20.8. The summed E-state index contributed by atoms with van der Waals surface area (Å²) in [6.07, 6.45) is 0. The lowest BCUT2D eigenvalue weighted by Gasteiger charge is -2.16. The van der Waals surface area contributed by atoms with Gasteiger partial charge in [-0.05, 0) is 69.8 Å². The Kier molecular flexibility index (Phi) is 8.65. The fraction of sp³-hybridized carbons (Fsp3) is 0. The van der Waals surface area contributed by atoms with Crippen LogP contribution in [0.4, 0.5) is 0 Å². The van der Waals surface area contributed by atoms with Gasteiger partial charge in [-0.2, -0.15) is 0 Å². The van der Waals surface area contributed by atoms with Crippen LogP contribution in [-0.4, -0.2) is 19.5 Å². The molecule has 62 heavy (non-hydrogen) atoms. The molecule has 0 radical (unpaired) electrons. The van der Waals surface area contributed by atoms with E-state index in [0.717, 1.165) is 50.1 Å². The molecule has 3 aromatic heterocycles. The first kappa shape index (κ1) is 35.9. The van der Waals surface area contributed by atoms with Gasteiger partial charge in [0.25, 0.3) is 0 Å². The van der Waals surface area contributed by atoms with Crippen molar-refractivity contribution in [2.24, 2.45) is 0 Å². The molecule has 0 atom stereocenters. The molecule has 0 saturated heterocycles. The minimum Gasteiger partial charge on any atom is -0.308 e. The summed E-state index contributed by atoms with van der Waals surface area (Å²) in [4.78, 5) is 15.7. The monoisotopic (exact) mass is 808 g/mol. The van der Waals surface area contributed by atoms with Crippen molar-refractivity contribution in [3.05, 3.63) is 218 Å². The molecule has 0 aliphatic heterocycles. The predicted octanol–water partition coefficient (Wildman–Crippen LogP) is 15.3. The SMILES string of the molecule is c1ccc(-c2ccc(-c3nc(-c4ccccc4)nc(-c4ccc(-c5ccc6c(c5)sc5ccccc56)cc4)n3)c(-n3c4ccccc4c4c(-c5ccccc5)cccc43)c2)cc1. The van der Waals surface area contributed by atoms with Crippen LogP contribution in [-0.2, 0) is 0 Å². The first-order chi connectivity index (χ1) is 30.7. The lowest BCUT2D eigenvalue weighted by Crippen LogP contribution is -2.04. The van der Waals surface area contributed by atoms with Crippen LogP contribution < -0.4 is 0 Å². The Hall–Kier alpha value is -7.99. The van der Waals surface area contributed by atoms with Crippen molar-refractivity contribution in [2.75, 3.05) is 0 Å².